The molecular formula is C18H21N5O2. The van der Waals surface area contributed by atoms with Crippen LogP contribution in [0.3, 0.4) is 0 Å². The summed E-state index contributed by atoms with van der Waals surface area (Å²) in [5.41, 5.74) is 1.18. The first kappa shape index (κ1) is 16.9. The van der Waals surface area contributed by atoms with Crippen LogP contribution in [0.5, 0.6) is 0 Å². The molecule has 1 aromatic heterocycles. The van der Waals surface area contributed by atoms with Gasteiger partial charge in [-0.3, -0.25) is 14.6 Å². The van der Waals surface area contributed by atoms with Crippen molar-refractivity contribution in [3.8, 4) is 0 Å². The molecule has 25 heavy (non-hydrogen) atoms. The average molecular weight is 339 g/mol. The van der Waals surface area contributed by atoms with Gasteiger partial charge in [0.25, 0.3) is 5.91 Å². The van der Waals surface area contributed by atoms with Gasteiger partial charge in [0.15, 0.2) is 5.78 Å². The van der Waals surface area contributed by atoms with Crippen molar-refractivity contribution in [1.29, 1.82) is 0 Å². The molecule has 0 radical (unpaired) electrons. The number of para-hydroxylation sites is 1. The Labute approximate surface area is 146 Å². The summed E-state index contributed by atoms with van der Waals surface area (Å²) >= 11 is 0. The fourth-order valence-corrected chi connectivity index (χ4v) is 2.85. The molecule has 7 nitrogen and oxygen atoms in total. The number of imidazole rings is 1. The van der Waals surface area contributed by atoms with E-state index >= 15 is 0 Å². The van der Waals surface area contributed by atoms with Crippen LogP contribution in [0.1, 0.15) is 20.3 Å². The van der Waals surface area contributed by atoms with Crippen molar-refractivity contribution in [1.82, 2.24) is 14.9 Å². The number of rotatable bonds is 6. The molecule has 0 saturated heterocycles. The van der Waals surface area contributed by atoms with E-state index in [1.165, 1.54) is 6.92 Å². The highest BCUT2D eigenvalue weighted by Crippen LogP contribution is 2.25. The number of carbonyl (C=O) groups is 2. The Morgan fingerprint density at radius 3 is 2.72 bits per heavy atom. The molecule has 1 amide bonds. The van der Waals surface area contributed by atoms with Gasteiger partial charge in [-0.1, -0.05) is 18.2 Å². The summed E-state index contributed by atoms with van der Waals surface area (Å²) in [6, 6.07) is 8.90. The lowest BCUT2D eigenvalue weighted by atomic mass is 10.1. The molecular weight excluding hydrogens is 318 g/mol. The summed E-state index contributed by atoms with van der Waals surface area (Å²) < 4.78 is 1.90. The van der Waals surface area contributed by atoms with Crippen LogP contribution in [-0.4, -0.2) is 39.0 Å². The van der Waals surface area contributed by atoms with Gasteiger partial charge < -0.3 is 9.88 Å². The van der Waals surface area contributed by atoms with E-state index in [2.05, 4.69) is 15.4 Å². The normalized spacial score (nSPS) is 17.9. The van der Waals surface area contributed by atoms with E-state index < -0.39 is 6.04 Å². The number of hydrogen-bond donors (Lipinski definition) is 1. The van der Waals surface area contributed by atoms with Crippen molar-refractivity contribution in [3.05, 3.63) is 49.1 Å². The Morgan fingerprint density at radius 2 is 2.08 bits per heavy atom. The van der Waals surface area contributed by atoms with Crippen LogP contribution in [0.25, 0.3) is 0 Å². The number of aromatic nitrogens is 2. The number of nitrogens with zero attached hydrogens (tertiary/aromatic N) is 4. The van der Waals surface area contributed by atoms with E-state index in [1.54, 1.807) is 17.5 Å². The topological polar surface area (TPSA) is 79.6 Å². The standard InChI is InChI=1S/C18H21N5O2/c1-13(11-22-9-8-19-12-22)20-18(25)16-10-17(14(2)24)23(21-16)15-6-4-3-5-7-15/h3-9,12-13,17H,10-11H2,1-2H3,(H,20,25)/t13-,17-/m1/s1. The lowest BCUT2D eigenvalue weighted by Gasteiger charge is -2.20. The molecule has 3 rings (SSSR count). The number of hydrazone groups is 1. The molecule has 2 atom stereocenters. The Morgan fingerprint density at radius 1 is 1.32 bits per heavy atom. The first-order valence-corrected chi connectivity index (χ1v) is 8.23. The molecule has 1 aliphatic rings. The van der Waals surface area contributed by atoms with E-state index in [1.807, 2.05) is 48.0 Å². The van der Waals surface area contributed by atoms with Gasteiger partial charge in [0.2, 0.25) is 0 Å². The Balaban J connectivity index is 1.70. The Hall–Kier alpha value is -2.96. The second-order valence-corrected chi connectivity index (χ2v) is 6.19. The molecule has 0 fully saturated rings. The monoisotopic (exact) mass is 339 g/mol. The number of anilines is 1. The maximum absolute atomic E-state index is 12.5. The highest BCUT2D eigenvalue weighted by Gasteiger charge is 2.34. The van der Waals surface area contributed by atoms with Gasteiger partial charge in [-0.05, 0) is 26.0 Å². The molecule has 7 heteroatoms. The minimum absolute atomic E-state index is 0.0122. The third kappa shape index (κ3) is 3.93. The minimum Gasteiger partial charge on any atom is -0.347 e. The predicted octanol–water partition coefficient (Wildman–Crippen LogP) is 1.61. The summed E-state index contributed by atoms with van der Waals surface area (Å²) in [6.07, 6.45) is 5.57. The fraction of sp³-hybridized carbons (Fsp3) is 0.333. The molecule has 1 aliphatic heterocycles. The molecule has 1 aromatic carbocycles. The van der Waals surface area contributed by atoms with Crippen LogP contribution in [0.2, 0.25) is 0 Å². The molecule has 0 bridgehead atoms. The molecule has 0 spiro atoms. The van der Waals surface area contributed by atoms with Gasteiger partial charge >= 0.3 is 0 Å². The van der Waals surface area contributed by atoms with Crippen molar-refractivity contribution >= 4 is 23.1 Å². The molecule has 0 unspecified atom stereocenters. The Kier molecular flexibility index (Phi) is 4.92. The molecule has 2 heterocycles. The van der Waals surface area contributed by atoms with Gasteiger partial charge in [0, 0.05) is 31.4 Å². The lowest BCUT2D eigenvalue weighted by molar-refractivity contribution is -0.118. The molecule has 0 saturated carbocycles. The van der Waals surface area contributed by atoms with Crippen molar-refractivity contribution in [2.75, 3.05) is 5.01 Å². The van der Waals surface area contributed by atoms with E-state index in [9.17, 15) is 9.59 Å². The van der Waals surface area contributed by atoms with Gasteiger partial charge in [0.1, 0.15) is 11.8 Å². The zero-order valence-electron chi connectivity index (χ0n) is 14.3. The number of benzene rings is 1. The number of ketones is 1. The summed E-state index contributed by atoms with van der Waals surface area (Å²) in [7, 11) is 0. The average Bonchev–Trinajstić information content (AvgIpc) is 3.24. The Bertz CT molecular complexity index is 770. The van der Waals surface area contributed by atoms with Crippen LogP contribution in [0.15, 0.2) is 54.2 Å². The SMILES string of the molecule is CC(=O)[C@H]1CC(C(=O)N[C@H](C)Cn2ccnc2)=NN1c1ccccc1. The first-order valence-electron chi connectivity index (χ1n) is 8.23. The lowest BCUT2D eigenvalue weighted by Crippen LogP contribution is -2.40. The molecule has 0 aliphatic carbocycles. The van der Waals surface area contributed by atoms with Crippen LogP contribution < -0.4 is 10.3 Å². The van der Waals surface area contributed by atoms with Gasteiger partial charge in [0.05, 0.1) is 12.0 Å². The molecule has 2 aromatic rings. The van der Waals surface area contributed by atoms with Crippen LogP contribution in [0.4, 0.5) is 5.69 Å². The minimum atomic E-state index is -0.438. The van der Waals surface area contributed by atoms with Crippen LogP contribution in [0, 0.1) is 0 Å². The van der Waals surface area contributed by atoms with Crippen molar-refractivity contribution in [2.24, 2.45) is 5.10 Å². The molecule has 130 valence electrons. The van der Waals surface area contributed by atoms with Crippen LogP contribution >= 0.6 is 0 Å². The smallest absolute Gasteiger partial charge is 0.267 e. The second-order valence-electron chi connectivity index (χ2n) is 6.19. The zero-order valence-corrected chi connectivity index (χ0v) is 14.3. The quantitative estimate of drug-likeness (QED) is 0.867. The zero-order chi connectivity index (χ0) is 17.8. The summed E-state index contributed by atoms with van der Waals surface area (Å²) in [4.78, 5) is 28.5. The van der Waals surface area contributed by atoms with E-state index in [4.69, 9.17) is 0 Å². The number of nitrogens with one attached hydrogen (secondary N) is 1. The summed E-state index contributed by atoms with van der Waals surface area (Å²) in [5.74, 6) is -0.251. The third-order valence-corrected chi connectivity index (χ3v) is 4.08. The van der Waals surface area contributed by atoms with E-state index in [0.717, 1.165) is 5.69 Å². The highest BCUT2D eigenvalue weighted by molar-refractivity contribution is 6.40. The number of Topliss-reactive ketones (excluding diaryl/α,β-unsaturated/α-hetero) is 1. The second kappa shape index (κ2) is 7.29. The predicted molar refractivity (Wildman–Crippen MR) is 95.3 cm³/mol. The fourth-order valence-electron chi connectivity index (χ4n) is 2.85. The molecule has 1 N–H and O–H groups in total. The van der Waals surface area contributed by atoms with Gasteiger partial charge in [-0.15, -0.1) is 0 Å². The number of carbonyl (C=O) groups excluding carboxylic acids is 2. The maximum Gasteiger partial charge on any atom is 0.267 e. The first-order chi connectivity index (χ1) is 12.0. The van der Waals surface area contributed by atoms with Crippen molar-refractivity contribution in [2.45, 2.75) is 38.9 Å². The third-order valence-electron chi connectivity index (χ3n) is 4.08. The van der Waals surface area contributed by atoms with Crippen LogP contribution in [-0.2, 0) is 16.1 Å². The van der Waals surface area contributed by atoms with Gasteiger partial charge in [-0.2, -0.15) is 5.10 Å². The van der Waals surface area contributed by atoms with Crippen molar-refractivity contribution in [3.63, 3.8) is 0 Å². The summed E-state index contributed by atoms with van der Waals surface area (Å²) in [5, 5.41) is 8.98. The van der Waals surface area contributed by atoms with E-state index in [0.29, 0.717) is 18.7 Å². The highest BCUT2D eigenvalue weighted by atomic mass is 16.2. The van der Waals surface area contributed by atoms with Gasteiger partial charge in [-0.25, -0.2) is 4.98 Å². The van der Waals surface area contributed by atoms with E-state index in [-0.39, 0.29) is 17.7 Å². The number of hydrogen-bond acceptors (Lipinski definition) is 5. The van der Waals surface area contributed by atoms with Crippen molar-refractivity contribution < 1.29 is 9.59 Å². The maximum atomic E-state index is 12.5. The number of amides is 1. The largest absolute Gasteiger partial charge is 0.347 e. The summed E-state index contributed by atoms with van der Waals surface area (Å²) in [6.45, 7) is 4.07.